The lowest BCUT2D eigenvalue weighted by Crippen LogP contribution is -2.71. The number of amides is 2. The lowest BCUT2D eigenvalue weighted by molar-refractivity contribution is -0.150. The molecule has 0 saturated carbocycles. The number of carboxylic acids is 1. The zero-order valence-corrected chi connectivity index (χ0v) is 17.6. The van der Waals surface area contributed by atoms with Gasteiger partial charge in [-0.15, -0.1) is 23.1 Å². The number of thiazole rings is 1. The highest BCUT2D eigenvalue weighted by atomic mass is 127. The number of nitrogen functional groups attached to an aromatic ring is 1. The summed E-state index contributed by atoms with van der Waals surface area (Å²) in [6, 6.07) is -0.856. The number of carbonyl (C=O) groups excluding carboxylic acids is 2. The molecule has 2 aliphatic heterocycles. The number of alkyl halides is 1. The summed E-state index contributed by atoms with van der Waals surface area (Å²) in [5.41, 5.74) is 6.39. The van der Waals surface area contributed by atoms with Gasteiger partial charge in [0, 0.05) is 15.6 Å². The molecule has 1 aromatic heterocycles. The van der Waals surface area contributed by atoms with Gasteiger partial charge in [0.25, 0.3) is 11.8 Å². The third kappa shape index (κ3) is 3.62. The average Bonchev–Trinajstić information content (AvgIpc) is 3.08. The Labute approximate surface area is 175 Å². The minimum atomic E-state index is -1.15. The van der Waals surface area contributed by atoms with Crippen molar-refractivity contribution in [2.24, 2.45) is 5.16 Å². The standard InChI is InChI=1S/C14H14IN5O5S2/c1-25-19-7(6-4-27-14(16)17-6)10(21)18-8-11(22)20-9(13(23)24)5(2-15)3-26-12(8)20/h4,8,12H,2-3H2,1H3,(H2,16,17)(H,18,21)(H,23,24)/t8-,12+/m1/s1. The molecule has 27 heavy (non-hydrogen) atoms. The summed E-state index contributed by atoms with van der Waals surface area (Å²) in [7, 11) is 1.28. The molecule has 2 atom stereocenters. The van der Waals surface area contributed by atoms with Gasteiger partial charge in [0.2, 0.25) is 0 Å². The maximum atomic E-state index is 12.6. The van der Waals surface area contributed by atoms with E-state index in [0.717, 1.165) is 11.3 Å². The molecule has 1 fully saturated rings. The molecule has 2 aliphatic rings. The Kier molecular flexibility index (Phi) is 5.90. The van der Waals surface area contributed by atoms with Crippen molar-refractivity contribution >= 4 is 74.3 Å². The summed E-state index contributed by atoms with van der Waals surface area (Å²) in [6.07, 6.45) is 0. The summed E-state index contributed by atoms with van der Waals surface area (Å²) in [5, 5.41) is 17.0. The number of nitrogens with zero attached hydrogens (tertiary/aromatic N) is 3. The molecular weight excluding hydrogens is 509 g/mol. The number of β-lactam (4-membered cyclic amide) rings is 1. The van der Waals surface area contributed by atoms with Crippen LogP contribution < -0.4 is 11.1 Å². The number of oxime groups is 1. The number of nitrogens with one attached hydrogen (secondary N) is 1. The lowest BCUT2D eigenvalue weighted by atomic mass is 10.0. The number of halogens is 1. The Morgan fingerprint density at radius 1 is 1.59 bits per heavy atom. The van der Waals surface area contributed by atoms with Crippen LogP contribution in [0.25, 0.3) is 0 Å². The van der Waals surface area contributed by atoms with Crippen molar-refractivity contribution in [3.8, 4) is 0 Å². The van der Waals surface area contributed by atoms with Crippen LogP contribution in [0.4, 0.5) is 5.13 Å². The first-order valence-electron chi connectivity index (χ1n) is 7.48. The molecule has 0 unspecified atom stereocenters. The number of rotatable bonds is 6. The van der Waals surface area contributed by atoms with Crippen LogP contribution in [0.2, 0.25) is 0 Å². The fourth-order valence-corrected chi connectivity index (χ4v) is 5.58. The predicted octanol–water partition coefficient (Wildman–Crippen LogP) is 0.249. The molecule has 1 saturated heterocycles. The Balaban J connectivity index is 1.79. The fraction of sp³-hybridized carbons (Fsp3) is 0.357. The van der Waals surface area contributed by atoms with Gasteiger partial charge >= 0.3 is 5.97 Å². The highest BCUT2D eigenvalue weighted by molar-refractivity contribution is 14.1. The van der Waals surface area contributed by atoms with Crippen LogP contribution in [-0.2, 0) is 19.2 Å². The van der Waals surface area contributed by atoms with Gasteiger partial charge in [-0.05, 0) is 5.57 Å². The van der Waals surface area contributed by atoms with Crippen molar-refractivity contribution < 1.29 is 24.3 Å². The minimum Gasteiger partial charge on any atom is -0.477 e. The average molecular weight is 523 g/mol. The summed E-state index contributed by atoms with van der Waals surface area (Å²) >= 11 is 4.61. The number of thioether (sulfide) groups is 1. The van der Waals surface area contributed by atoms with Gasteiger partial charge < -0.3 is 21.0 Å². The molecule has 13 heteroatoms. The van der Waals surface area contributed by atoms with E-state index in [2.05, 4.69) is 38.0 Å². The third-order valence-electron chi connectivity index (χ3n) is 3.86. The van der Waals surface area contributed by atoms with Crippen LogP contribution in [0.3, 0.4) is 0 Å². The van der Waals surface area contributed by atoms with E-state index in [1.165, 1.54) is 23.8 Å². The van der Waals surface area contributed by atoms with E-state index in [9.17, 15) is 19.5 Å². The second kappa shape index (κ2) is 8.02. The molecule has 144 valence electrons. The number of hydrogen-bond acceptors (Lipinski definition) is 9. The van der Waals surface area contributed by atoms with Gasteiger partial charge in [-0.1, -0.05) is 27.7 Å². The maximum absolute atomic E-state index is 12.6. The number of anilines is 1. The van der Waals surface area contributed by atoms with Crippen LogP contribution in [0.15, 0.2) is 21.8 Å². The molecule has 0 spiro atoms. The molecular formula is C14H14IN5O5S2. The van der Waals surface area contributed by atoms with Gasteiger partial charge in [0.05, 0.1) is 0 Å². The highest BCUT2D eigenvalue weighted by Gasteiger charge is 2.54. The zero-order valence-electron chi connectivity index (χ0n) is 13.8. The van der Waals surface area contributed by atoms with E-state index < -0.39 is 29.2 Å². The molecule has 2 amide bonds. The second-order valence-electron chi connectivity index (χ2n) is 5.45. The minimum absolute atomic E-state index is 0.00158. The zero-order chi connectivity index (χ0) is 19.7. The number of carbonyl (C=O) groups is 3. The Bertz CT molecular complexity index is 870. The number of fused-ring (bicyclic) bond motifs is 1. The largest absolute Gasteiger partial charge is 0.477 e. The SMILES string of the molecule is CON=C(C(=O)N[C@@H]1C(=O)N2C(C(=O)O)=C(CI)CS[C@@H]12)c1csc(N)n1. The van der Waals surface area contributed by atoms with Crippen LogP contribution in [0, 0.1) is 0 Å². The Morgan fingerprint density at radius 3 is 2.89 bits per heavy atom. The number of aromatic nitrogens is 1. The first kappa shape index (κ1) is 19.9. The fourth-order valence-electron chi connectivity index (χ4n) is 2.69. The summed E-state index contributed by atoms with van der Waals surface area (Å²) in [5.74, 6) is -1.80. The molecule has 0 aliphatic carbocycles. The van der Waals surface area contributed by atoms with Crippen LogP contribution in [0.1, 0.15) is 5.69 Å². The van der Waals surface area contributed by atoms with Crippen molar-refractivity contribution in [3.05, 3.63) is 22.3 Å². The van der Waals surface area contributed by atoms with E-state index in [1.54, 1.807) is 5.38 Å². The molecule has 3 rings (SSSR count). The van der Waals surface area contributed by atoms with Crippen molar-refractivity contribution in [2.45, 2.75) is 11.4 Å². The molecule has 10 nitrogen and oxygen atoms in total. The van der Waals surface area contributed by atoms with Crippen LogP contribution in [-0.4, -0.2) is 67.2 Å². The maximum Gasteiger partial charge on any atom is 0.352 e. The smallest absolute Gasteiger partial charge is 0.352 e. The highest BCUT2D eigenvalue weighted by Crippen LogP contribution is 2.40. The number of carboxylic acid groups (broad SMARTS) is 1. The number of aliphatic carboxylic acids is 1. The summed E-state index contributed by atoms with van der Waals surface area (Å²) in [4.78, 5) is 46.6. The van der Waals surface area contributed by atoms with Gasteiger partial charge in [0.1, 0.15) is 29.9 Å². The predicted molar refractivity (Wildman–Crippen MR) is 109 cm³/mol. The van der Waals surface area contributed by atoms with E-state index in [0.29, 0.717) is 15.8 Å². The molecule has 3 heterocycles. The molecule has 0 radical (unpaired) electrons. The first-order chi connectivity index (χ1) is 12.9. The second-order valence-corrected chi connectivity index (χ2v) is 8.20. The van der Waals surface area contributed by atoms with Gasteiger partial charge in [-0.25, -0.2) is 9.78 Å². The van der Waals surface area contributed by atoms with Crippen LogP contribution in [0.5, 0.6) is 0 Å². The summed E-state index contributed by atoms with van der Waals surface area (Å²) in [6.45, 7) is 0. The van der Waals surface area contributed by atoms with Crippen molar-refractivity contribution in [1.29, 1.82) is 0 Å². The van der Waals surface area contributed by atoms with Crippen molar-refractivity contribution in [1.82, 2.24) is 15.2 Å². The third-order valence-corrected chi connectivity index (χ3v) is 6.79. The lowest BCUT2D eigenvalue weighted by Gasteiger charge is -2.49. The molecule has 0 aromatic carbocycles. The normalized spacial score (nSPS) is 22.2. The van der Waals surface area contributed by atoms with Gasteiger partial charge in [0.15, 0.2) is 10.8 Å². The van der Waals surface area contributed by atoms with Crippen LogP contribution >= 0.6 is 45.7 Å². The topological polar surface area (TPSA) is 147 Å². The molecule has 4 N–H and O–H groups in total. The monoisotopic (exact) mass is 523 g/mol. The quantitative estimate of drug-likeness (QED) is 0.158. The summed E-state index contributed by atoms with van der Waals surface area (Å²) < 4.78 is 0.510. The van der Waals surface area contributed by atoms with E-state index in [1.807, 2.05) is 0 Å². The molecule has 0 bridgehead atoms. The number of nitrogens with two attached hydrogens (primary N) is 1. The van der Waals surface area contributed by atoms with Gasteiger partial charge in [-0.2, -0.15) is 0 Å². The van der Waals surface area contributed by atoms with E-state index >= 15 is 0 Å². The van der Waals surface area contributed by atoms with Crippen molar-refractivity contribution in [3.63, 3.8) is 0 Å². The first-order valence-corrected chi connectivity index (χ1v) is 10.9. The van der Waals surface area contributed by atoms with E-state index in [4.69, 9.17) is 10.6 Å². The number of hydrogen-bond donors (Lipinski definition) is 3. The van der Waals surface area contributed by atoms with Gasteiger partial charge in [-0.3, -0.25) is 14.5 Å². The Morgan fingerprint density at radius 2 is 2.33 bits per heavy atom. The van der Waals surface area contributed by atoms with Crippen molar-refractivity contribution in [2.75, 3.05) is 23.0 Å². The van der Waals surface area contributed by atoms with E-state index in [-0.39, 0.29) is 22.2 Å². The Hall–Kier alpha value is -1.87. The molecule has 1 aromatic rings.